The molecule has 0 spiro atoms. The van der Waals surface area contributed by atoms with Gasteiger partial charge in [0, 0.05) is 30.7 Å². The number of amides is 1. The van der Waals surface area contributed by atoms with Crippen LogP contribution in [0.4, 0.5) is 0 Å². The molecule has 3 nitrogen and oxygen atoms in total. The Hall–Kier alpha value is -1.61. The largest absolute Gasteiger partial charge is 0.336 e. The number of fused-ring (bicyclic) bond motifs is 2. The Morgan fingerprint density at radius 1 is 1.21 bits per heavy atom. The van der Waals surface area contributed by atoms with Crippen LogP contribution in [-0.2, 0) is 4.79 Å². The predicted molar refractivity (Wildman–Crippen MR) is 99.7 cm³/mol. The van der Waals surface area contributed by atoms with E-state index in [0.29, 0.717) is 18.1 Å². The van der Waals surface area contributed by atoms with E-state index >= 15 is 0 Å². The number of hydrogen-bond donors (Lipinski definition) is 0. The van der Waals surface area contributed by atoms with E-state index in [0.717, 1.165) is 37.8 Å². The van der Waals surface area contributed by atoms with Crippen molar-refractivity contribution in [2.75, 3.05) is 13.6 Å². The molecule has 2 bridgehead atoms. The van der Waals surface area contributed by atoms with Gasteiger partial charge in [-0.2, -0.15) is 0 Å². The minimum atomic E-state index is 0.182. The van der Waals surface area contributed by atoms with Crippen LogP contribution in [0.2, 0.25) is 0 Å². The smallest absolute Gasteiger partial charge is 0.246 e. The molecular weight excluding hydrogens is 296 g/mol. The van der Waals surface area contributed by atoms with Crippen LogP contribution in [0.15, 0.2) is 36.4 Å². The quantitative estimate of drug-likeness (QED) is 0.739. The lowest BCUT2D eigenvalue weighted by Gasteiger charge is -2.41. The van der Waals surface area contributed by atoms with E-state index in [1.54, 1.807) is 6.08 Å². The fraction of sp³-hybridized carbons (Fsp3) is 0.571. The third-order valence-electron chi connectivity index (χ3n) is 5.77. The molecule has 0 saturated carbocycles. The van der Waals surface area contributed by atoms with Crippen LogP contribution in [0.25, 0.3) is 6.08 Å². The zero-order chi connectivity index (χ0) is 16.9. The lowest BCUT2D eigenvalue weighted by Crippen LogP contribution is -2.50. The summed E-state index contributed by atoms with van der Waals surface area (Å²) in [4.78, 5) is 17.6. The number of benzene rings is 1. The molecule has 0 radical (unpaired) electrons. The molecule has 1 aromatic rings. The summed E-state index contributed by atoms with van der Waals surface area (Å²) < 4.78 is 0. The maximum absolute atomic E-state index is 12.9. The Labute approximate surface area is 146 Å². The van der Waals surface area contributed by atoms with Crippen molar-refractivity contribution in [2.24, 2.45) is 0 Å². The minimum Gasteiger partial charge on any atom is -0.336 e. The average Bonchev–Trinajstić information content (AvgIpc) is 2.82. The summed E-state index contributed by atoms with van der Waals surface area (Å²) in [6.07, 6.45) is 10.8. The maximum atomic E-state index is 12.9. The van der Waals surface area contributed by atoms with Gasteiger partial charge >= 0.3 is 0 Å². The SMILES string of the molecule is CCCCN(C(=O)/C=C/c1ccccc1)C1C[C@H]2CC[C@@H](C1)N2C. The summed E-state index contributed by atoms with van der Waals surface area (Å²) in [5, 5.41) is 0. The van der Waals surface area contributed by atoms with Gasteiger partial charge in [-0.15, -0.1) is 0 Å². The second-order valence-corrected chi connectivity index (χ2v) is 7.30. The first kappa shape index (κ1) is 17.2. The molecule has 3 atom stereocenters. The molecule has 3 heteroatoms. The summed E-state index contributed by atoms with van der Waals surface area (Å²) >= 11 is 0. The molecule has 0 aromatic heterocycles. The van der Waals surface area contributed by atoms with E-state index in [1.807, 2.05) is 36.4 Å². The monoisotopic (exact) mass is 326 g/mol. The average molecular weight is 326 g/mol. The van der Waals surface area contributed by atoms with Crippen LogP contribution in [0, 0.1) is 0 Å². The lowest BCUT2D eigenvalue weighted by atomic mass is 9.96. The van der Waals surface area contributed by atoms with Gasteiger partial charge in [0.1, 0.15) is 0 Å². The fourth-order valence-electron chi connectivity index (χ4n) is 4.27. The van der Waals surface area contributed by atoms with Gasteiger partial charge in [-0.3, -0.25) is 4.79 Å². The van der Waals surface area contributed by atoms with Gasteiger partial charge in [0.15, 0.2) is 0 Å². The molecule has 2 fully saturated rings. The van der Waals surface area contributed by atoms with Gasteiger partial charge in [0.2, 0.25) is 5.91 Å². The van der Waals surface area contributed by atoms with E-state index < -0.39 is 0 Å². The van der Waals surface area contributed by atoms with Crippen LogP contribution in [0.5, 0.6) is 0 Å². The van der Waals surface area contributed by atoms with Crippen molar-refractivity contribution in [3.05, 3.63) is 42.0 Å². The second-order valence-electron chi connectivity index (χ2n) is 7.30. The third-order valence-corrected chi connectivity index (χ3v) is 5.77. The van der Waals surface area contributed by atoms with Crippen LogP contribution in [-0.4, -0.2) is 47.4 Å². The Bertz CT molecular complexity index is 554. The molecule has 0 aliphatic carbocycles. The van der Waals surface area contributed by atoms with Gasteiger partial charge in [0.05, 0.1) is 0 Å². The summed E-state index contributed by atoms with van der Waals surface area (Å²) in [7, 11) is 2.26. The van der Waals surface area contributed by atoms with E-state index in [-0.39, 0.29) is 5.91 Å². The molecular formula is C21H30N2O. The number of unbranched alkanes of at least 4 members (excludes halogenated alkanes) is 1. The highest BCUT2D eigenvalue weighted by Crippen LogP contribution is 2.36. The molecule has 24 heavy (non-hydrogen) atoms. The topological polar surface area (TPSA) is 23.6 Å². The number of carbonyl (C=O) groups excluding carboxylic acids is 1. The van der Waals surface area contributed by atoms with Crippen molar-refractivity contribution in [1.82, 2.24) is 9.80 Å². The molecule has 2 aliphatic rings. The van der Waals surface area contributed by atoms with Crippen LogP contribution in [0.3, 0.4) is 0 Å². The first-order valence-electron chi connectivity index (χ1n) is 9.44. The van der Waals surface area contributed by atoms with Crippen molar-refractivity contribution >= 4 is 12.0 Å². The van der Waals surface area contributed by atoms with Gasteiger partial charge in [0.25, 0.3) is 0 Å². The molecule has 3 rings (SSSR count). The van der Waals surface area contributed by atoms with Crippen molar-refractivity contribution < 1.29 is 4.79 Å². The molecule has 2 aliphatic heterocycles. The van der Waals surface area contributed by atoms with Crippen molar-refractivity contribution in [2.45, 2.75) is 63.6 Å². The van der Waals surface area contributed by atoms with E-state index in [1.165, 1.54) is 12.8 Å². The van der Waals surface area contributed by atoms with Crippen molar-refractivity contribution in [3.63, 3.8) is 0 Å². The van der Waals surface area contributed by atoms with Crippen LogP contribution >= 0.6 is 0 Å². The summed E-state index contributed by atoms with van der Waals surface area (Å²) in [5.74, 6) is 0.182. The molecule has 1 aromatic carbocycles. The first-order chi connectivity index (χ1) is 11.7. The molecule has 1 unspecified atom stereocenters. The van der Waals surface area contributed by atoms with Crippen LogP contribution in [0.1, 0.15) is 51.0 Å². The fourth-order valence-corrected chi connectivity index (χ4v) is 4.27. The van der Waals surface area contributed by atoms with Gasteiger partial charge in [-0.05, 0) is 50.8 Å². The Kier molecular flexibility index (Phi) is 5.72. The van der Waals surface area contributed by atoms with E-state index in [4.69, 9.17) is 0 Å². The highest BCUT2D eigenvalue weighted by atomic mass is 16.2. The maximum Gasteiger partial charge on any atom is 0.246 e. The number of nitrogens with zero attached hydrogens (tertiary/aromatic N) is 2. The molecule has 1 amide bonds. The summed E-state index contributed by atoms with van der Waals surface area (Å²) in [6, 6.07) is 11.8. The Balaban J connectivity index is 1.69. The number of rotatable bonds is 6. The second kappa shape index (κ2) is 7.98. The zero-order valence-electron chi connectivity index (χ0n) is 15.0. The number of hydrogen-bond acceptors (Lipinski definition) is 2. The molecule has 130 valence electrons. The Morgan fingerprint density at radius 3 is 2.50 bits per heavy atom. The van der Waals surface area contributed by atoms with Crippen molar-refractivity contribution in [3.8, 4) is 0 Å². The standard InChI is InChI=1S/C21H30N2O/c1-3-4-14-23(20-15-18-11-12-19(16-20)22(18)2)21(24)13-10-17-8-6-5-7-9-17/h5-10,13,18-20H,3-4,11-12,14-16H2,1-2H3/b13-10+/t18-,19+,20?. The zero-order valence-corrected chi connectivity index (χ0v) is 15.0. The highest BCUT2D eigenvalue weighted by Gasteiger charge is 2.40. The summed E-state index contributed by atoms with van der Waals surface area (Å²) in [5.41, 5.74) is 1.09. The number of carbonyl (C=O) groups is 1. The lowest BCUT2D eigenvalue weighted by molar-refractivity contribution is -0.129. The molecule has 2 saturated heterocycles. The number of piperidine rings is 1. The minimum absolute atomic E-state index is 0.182. The van der Waals surface area contributed by atoms with E-state index in [2.05, 4.69) is 23.8 Å². The normalized spacial score (nSPS) is 26.8. The highest BCUT2D eigenvalue weighted by molar-refractivity contribution is 5.92. The molecule has 2 heterocycles. The third kappa shape index (κ3) is 3.89. The van der Waals surface area contributed by atoms with Crippen LogP contribution < -0.4 is 0 Å². The van der Waals surface area contributed by atoms with Gasteiger partial charge < -0.3 is 9.80 Å². The molecule has 0 N–H and O–H groups in total. The first-order valence-corrected chi connectivity index (χ1v) is 9.44. The van der Waals surface area contributed by atoms with Gasteiger partial charge in [-0.25, -0.2) is 0 Å². The van der Waals surface area contributed by atoms with E-state index in [9.17, 15) is 4.79 Å². The summed E-state index contributed by atoms with van der Waals surface area (Å²) in [6.45, 7) is 3.09. The Morgan fingerprint density at radius 2 is 1.88 bits per heavy atom. The van der Waals surface area contributed by atoms with Gasteiger partial charge in [-0.1, -0.05) is 43.7 Å². The van der Waals surface area contributed by atoms with Crippen molar-refractivity contribution in [1.29, 1.82) is 0 Å². The predicted octanol–water partition coefficient (Wildman–Crippen LogP) is 3.95.